The van der Waals surface area contributed by atoms with Crippen molar-refractivity contribution in [1.29, 1.82) is 0 Å². The van der Waals surface area contributed by atoms with Crippen LogP contribution in [0.2, 0.25) is 0 Å². The highest BCUT2D eigenvalue weighted by molar-refractivity contribution is 5.84. The van der Waals surface area contributed by atoms with Crippen molar-refractivity contribution in [1.82, 2.24) is 15.0 Å². The highest BCUT2D eigenvalue weighted by Gasteiger charge is 2.22. The van der Waals surface area contributed by atoms with Crippen molar-refractivity contribution in [3.05, 3.63) is 42.0 Å². The Morgan fingerprint density at radius 1 is 1.26 bits per heavy atom. The number of nitrogens with zero attached hydrogens (tertiary/aromatic N) is 4. The molecule has 0 aromatic carbocycles. The van der Waals surface area contributed by atoms with Crippen LogP contribution in [0.25, 0.3) is 0 Å². The van der Waals surface area contributed by atoms with Gasteiger partial charge in [-0.15, -0.1) is 0 Å². The third kappa shape index (κ3) is 3.56. The van der Waals surface area contributed by atoms with Crippen LogP contribution in [0, 0.1) is 6.92 Å². The predicted octanol–water partition coefficient (Wildman–Crippen LogP) is 1.93. The topological polar surface area (TPSA) is 88.4 Å². The van der Waals surface area contributed by atoms with E-state index in [0.717, 1.165) is 31.5 Å². The van der Waals surface area contributed by atoms with Crippen LogP contribution in [0.4, 0.5) is 5.82 Å². The van der Waals surface area contributed by atoms with Gasteiger partial charge in [-0.3, -0.25) is 0 Å². The molecule has 1 saturated heterocycles. The summed E-state index contributed by atoms with van der Waals surface area (Å²) in [7, 11) is 0. The van der Waals surface area contributed by atoms with Gasteiger partial charge in [0.15, 0.2) is 5.69 Å². The average Bonchev–Trinajstić information content (AvgIpc) is 2.58. The summed E-state index contributed by atoms with van der Waals surface area (Å²) >= 11 is 0. The van der Waals surface area contributed by atoms with Crippen molar-refractivity contribution in [2.75, 3.05) is 18.0 Å². The molecule has 0 spiro atoms. The number of anilines is 1. The second-order valence-corrected chi connectivity index (χ2v) is 5.49. The summed E-state index contributed by atoms with van der Waals surface area (Å²) in [5.41, 5.74) is 0.989. The number of carboxylic acid groups (broad SMARTS) is 1. The number of rotatable bonds is 4. The second-order valence-electron chi connectivity index (χ2n) is 5.49. The molecule has 0 aliphatic carbocycles. The zero-order chi connectivity index (χ0) is 16.2. The van der Waals surface area contributed by atoms with Gasteiger partial charge >= 0.3 is 5.97 Å². The van der Waals surface area contributed by atoms with Crippen LogP contribution in [0.1, 0.15) is 28.9 Å². The maximum absolute atomic E-state index is 10.8. The van der Waals surface area contributed by atoms with Crippen LogP contribution in [-0.2, 0) is 0 Å². The SMILES string of the molecule is Cc1cccnc1OC1CCN(c2cnc(C(=O)O)cn2)CC1. The van der Waals surface area contributed by atoms with Crippen molar-refractivity contribution < 1.29 is 14.6 Å². The van der Waals surface area contributed by atoms with Gasteiger partial charge in [0.25, 0.3) is 0 Å². The van der Waals surface area contributed by atoms with Crippen LogP contribution >= 0.6 is 0 Å². The minimum Gasteiger partial charge on any atom is -0.476 e. The van der Waals surface area contributed by atoms with Crippen LogP contribution < -0.4 is 9.64 Å². The molecular weight excluding hydrogens is 296 g/mol. The molecule has 1 fully saturated rings. The number of aryl methyl sites for hydroxylation is 1. The van der Waals surface area contributed by atoms with Gasteiger partial charge in [-0.05, 0) is 13.0 Å². The van der Waals surface area contributed by atoms with E-state index >= 15 is 0 Å². The third-order valence-corrected chi connectivity index (χ3v) is 3.86. The summed E-state index contributed by atoms with van der Waals surface area (Å²) in [4.78, 5) is 25.2. The second kappa shape index (κ2) is 6.60. The van der Waals surface area contributed by atoms with E-state index in [1.54, 1.807) is 6.20 Å². The van der Waals surface area contributed by atoms with Crippen LogP contribution in [0.5, 0.6) is 5.88 Å². The molecule has 1 N–H and O–H groups in total. The fraction of sp³-hybridized carbons (Fsp3) is 0.375. The minimum absolute atomic E-state index is 0.0439. The van der Waals surface area contributed by atoms with E-state index in [0.29, 0.717) is 11.7 Å². The number of hydrogen-bond acceptors (Lipinski definition) is 6. The number of carbonyl (C=O) groups is 1. The van der Waals surface area contributed by atoms with Gasteiger partial charge in [-0.1, -0.05) is 6.07 Å². The Morgan fingerprint density at radius 3 is 2.65 bits per heavy atom. The molecule has 0 atom stereocenters. The lowest BCUT2D eigenvalue weighted by atomic mass is 10.1. The first kappa shape index (κ1) is 15.2. The normalized spacial score (nSPS) is 15.4. The first-order valence-electron chi connectivity index (χ1n) is 7.52. The third-order valence-electron chi connectivity index (χ3n) is 3.86. The number of piperidine rings is 1. The number of pyridine rings is 1. The summed E-state index contributed by atoms with van der Waals surface area (Å²) in [6.07, 6.45) is 6.38. The standard InChI is InChI=1S/C16H18N4O3/c1-11-3-2-6-17-15(11)23-12-4-7-20(8-5-12)14-10-18-13(9-19-14)16(21)22/h2-3,6,9-10,12H,4-5,7-8H2,1H3,(H,21,22). The first-order chi connectivity index (χ1) is 11.1. The molecule has 1 aliphatic rings. The molecule has 1 aliphatic heterocycles. The smallest absolute Gasteiger partial charge is 0.356 e. The molecule has 120 valence electrons. The molecule has 2 aromatic rings. The highest BCUT2D eigenvalue weighted by Crippen LogP contribution is 2.22. The van der Waals surface area contributed by atoms with E-state index in [-0.39, 0.29) is 11.8 Å². The van der Waals surface area contributed by atoms with E-state index in [4.69, 9.17) is 9.84 Å². The lowest BCUT2D eigenvalue weighted by molar-refractivity contribution is 0.0690. The van der Waals surface area contributed by atoms with Gasteiger partial charge in [-0.25, -0.2) is 19.7 Å². The molecule has 0 bridgehead atoms. The van der Waals surface area contributed by atoms with Gasteiger partial charge in [0.1, 0.15) is 11.9 Å². The lowest BCUT2D eigenvalue weighted by Gasteiger charge is -2.32. The van der Waals surface area contributed by atoms with Gasteiger partial charge in [-0.2, -0.15) is 0 Å². The lowest BCUT2D eigenvalue weighted by Crippen LogP contribution is -2.39. The van der Waals surface area contributed by atoms with Crippen molar-refractivity contribution in [3.8, 4) is 5.88 Å². The number of hydrogen-bond donors (Lipinski definition) is 1. The molecule has 0 amide bonds. The van der Waals surface area contributed by atoms with E-state index in [2.05, 4.69) is 19.9 Å². The Morgan fingerprint density at radius 2 is 2.04 bits per heavy atom. The Bertz CT molecular complexity index is 682. The van der Waals surface area contributed by atoms with Crippen molar-refractivity contribution >= 4 is 11.8 Å². The summed E-state index contributed by atoms with van der Waals surface area (Å²) in [5.74, 6) is 0.320. The van der Waals surface area contributed by atoms with E-state index < -0.39 is 5.97 Å². The minimum atomic E-state index is -1.07. The molecule has 7 heteroatoms. The zero-order valence-corrected chi connectivity index (χ0v) is 12.8. The number of ether oxygens (including phenoxy) is 1. The molecule has 7 nitrogen and oxygen atoms in total. The number of aromatic carboxylic acids is 1. The fourth-order valence-electron chi connectivity index (χ4n) is 2.55. The van der Waals surface area contributed by atoms with Crippen molar-refractivity contribution in [2.45, 2.75) is 25.9 Å². The van der Waals surface area contributed by atoms with Crippen molar-refractivity contribution in [2.24, 2.45) is 0 Å². The summed E-state index contributed by atoms with van der Waals surface area (Å²) in [5, 5.41) is 8.84. The summed E-state index contributed by atoms with van der Waals surface area (Å²) in [6.45, 7) is 3.56. The Kier molecular flexibility index (Phi) is 4.36. The molecule has 0 radical (unpaired) electrons. The van der Waals surface area contributed by atoms with Crippen LogP contribution in [-0.4, -0.2) is 45.2 Å². The zero-order valence-electron chi connectivity index (χ0n) is 12.8. The molecule has 3 rings (SSSR count). The Labute approximate surface area is 134 Å². The van der Waals surface area contributed by atoms with E-state index in [1.165, 1.54) is 12.4 Å². The predicted molar refractivity (Wildman–Crippen MR) is 83.8 cm³/mol. The first-order valence-corrected chi connectivity index (χ1v) is 7.52. The molecule has 23 heavy (non-hydrogen) atoms. The maximum Gasteiger partial charge on any atom is 0.356 e. The monoisotopic (exact) mass is 314 g/mol. The summed E-state index contributed by atoms with van der Waals surface area (Å²) < 4.78 is 5.97. The van der Waals surface area contributed by atoms with Gasteiger partial charge in [0.2, 0.25) is 5.88 Å². The number of carboxylic acids is 1. The maximum atomic E-state index is 10.8. The van der Waals surface area contributed by atoms with E-state index in [9.17, 15) is 4.79 Å². The van der Waals surface area contributed by atoms with Gasteiger partial charge in [0.05, 0.1) is 12.4 Å². The number of aromatic nitrogens is 3. The molecule has 0 unspecified atom stereocenters. The quantitative estimate of drug-likeness (QED) is 0.922. The Hall–Kier alpha value is -2.70. The largest absolute Gasteiger partial charge is 0.476 e. The molecule has 2 aromatic heterocycles. The fourth-order valence-corrected chi connectivity index (χ4v) is 2.55. The summed E-state index contributed by atoms with van der Waals surface area (Å²) in [6, 6.07) is 3.88. The highest BCUT2D eigenvalue weighted by atomic mass is 16.5. The Balaban J connectivity index is 1.58. The van der Waals surface area contributed by atoms with Crippen LogP contribution in [0.3, 0.4) is 0 Å². The van der Waals surface area contributed by atoms with E-state index in [1.807, 2.05) is 19.1 Å². The van der Waals surface area contributed by atoms with Gasteiger partial charge < -0.3 is 14.7 Å². The molecule has 0 saturated carbocycles. The average molecular weight is 314 g/mol. The van der Waals surface area contributed by atoms with Gasteiger partial charge in [0, 0.05) is 37.7 Å². The molecular formula is C16H18N4O3. The van der Waals surface area contributed by atoms with Crippen molar-refractivity contribution in [3.63, 3.8) is 0 Å². The molecule has 3 heterocycles. The van der Waals surface area contributed by atoms with Crippen LogP contribution in [0.15, 0.2) is 30.7 Å².